The van der Waals surface area contributed by atoms with Gasteiger partial charge in [0.25, 0.3) is 0 Å². The molecule has 8 nitrogen and oxygen atoms in total. The van der Waals surface area contributed by atoms with Gasteiger partial charge in [0.05, 0.1) is 27.0 Å². The Labute approximate surface area is 192 Å². The quantitative estimate of drug-likeness (QED) is 0.686. The number of halogens is 1. The third-order valence-corrected chi connectivity index (χ3v) is 10.3. The summed E-state index contributed by atoms with van der Waals surface area (Å²) in [5.41, 5.74) is 6.46. The zero-order chi connectivity index (χ0) is 24.2. The first-order chi connectivity index (χ1) is 15.4. The number of carbonyl (C=O) groups is 1. The maximum atomic E-state index is 15.1. The lowest BCUT2D eigenvalue weighted by molar-refractivity contribution is 0.0986. The highest BCUT2D eigenvalue weighted by molar-refractivity contribution is 7.96. The highest BCUT2D eigenvalue weighted by Gasteiger charge is 2.57. The monoisotopic (exact) mass is 468 g/mol. The standard InChI is InChI=1S/C23H25FN6O2S/c1-13-9-14(11-25)12-27-19(13)17(31)10-15-5-6-16(24)20(29-15)23(4)18-7-8-28-33(18,32)22(2,3)21(26)30-23/h5-6,9,12,18H,7-8,10H2,1-4H3,(H2,26,30)/t18-,23+,33+/m1/s1. The molecule has 2 N–H and O–H groups in total. The molecule has 0 bridgehead atoms. The molecular formula is C23H25FN6O2S. The molecule has 4 rings (SSSR count). The topological polar surface area (TPSA) is 134 Å². The van der Waals surface area contributed by atoms with Crippen molar-refractivity contribution in [1.82, 2.24) is 9.97 Å². The fraction of sp³-hybridized carbons (Fsp3) is 0.435. The number of aryl methyl sites for hydroxylation is 1. The minimum Gasteiger partial charge on any atom is -0.386 e. The Bertz CT molecular complexity index is 1370. The number of nitrogens with two attached hydrogens (primary N) is 1. The molecule has 10 heteroatoms. The van der Waals surface area contributed by atoms with Gasteiger partial charge in [-0.05, 0) is 57.9 Å². The van der Waals surface area contributed by atoms with Crippen LogP contribution in [-0.4, -0.2) is 42.3 Å². The van der Waals surface area contributed by atoms with Crippen LogP contribution < -0.4 is 5.73 Å². The van der Waals surface area contributed by atoms with Gasteiger partial charge >= 0.3 is 0 Å². The number of fused-ring (bicyclic) bond motifs is 1. The van der Waals surface area contributed by atoms with Crippen molar-refractivity contribution in [3.63, 3.8) is 0 Å². The Balaban J connectivity index is 1.75. The van der Waals surface area contributed by atoms with Crippen LogP contribution in [-0.2, 0) is 21.7 Å². The molecule has 0 radical (unpaired) electrons. The number of hydrogen-bond acceptors (Lipinski definition) is 8. The lowest BCUT2D eigenvalue weighted by Gasteiger charge is -2.44. The zero-order valence-corrected chi connectivity index (χ0v) is 19.7. The fourth-order valence-electron chi connectivity index (χ4n) is 4.59. The molecule has 33 heavy (non-hydrogen) atoms. The van der Waals surface area contributed by atoms with Crippen LogP contribution in [0.1, 0.15) is 60.2 Å². The Morgan fingerprint density at radius 3 is 2.76 bits per heavy atom. The number of nitrogens with zero attached hydrogens (tertiary/aromatic N) is 5. The van der Waals surface area contributed by atoms with E-state index in [0.29, 0.717) is 29.8 Å². The average Bonchev–Trinajstić information content (AvgIpc) is 3.18. The van der Waals surface area contributed by atoms with Crippen molar-refractivity contribution < 1.29 is 13.4 Å². The van der Waals surface area contributed by atoms with E-state index in [4.69, 9.17) is 11.0 Å². The van der Waals surface area contributed by atoms with Crippen molar-refractivity contribution in [3.8, 4) is 6.07 Å². The van der Waals surface area contributed by atoms with E-state index in [1.54, 1.807) is 33.8 Å². The molecule has 0 unspecified atom stereocenters. The second-order valence-corrected chi connectivity index (χ2v) is 12.1. The van der Waals surface area contributed by atoms with Gasteiger partial charge in [0.1, 0.15) is 39.4 Å². The summed E-state index contributed by atoms with van der Waals surface area (Å²) in [6.45, 7) is 7.27. The number of rotatable bonds is 4. The first-order valence-electron chi connectivity index (χ1n) is 10.6. The fourth-order valence-corrected chi connectivity index (χ4v) is 7.74. The first-order valence-corrected chi connectivity index (χ1v) is 12.1. The molecule has 2 aromatic heterocycles. The summed E-state index contributed by atoms with van der Waals surface area (Å²) in [5.74, 6) is -0.761. The molecule has 2 aromatic rings. The van der Waals surface area contributed by atoms with Gasteiger partial charge in [-0.3, -0.25) is 19.8 Å². The molecule has 0 spiro atoms. The number of carbonyl (C=O) groups excluding carboxylic acids is 1. The summed E-state index contributed by atoms with van der Waals surface area (Å²) in [4.78, 5) is 26.1. The average molecular weight is 469 g/mol. The molecule has 0 saturated heterocycles. The number of ketones is 1. The maximum absolute atomic E-state index is 15.1. The highest BCUT2D eigenvalue weighted by atomic mass is 32.2. The minimum atomic E-state index is -2.83. The molecule has 2 aliphatic rings. The molecule has 2 aliphatic heterocycles. The second kappa shape index (κ2) is 7.70. The van der Waals surface area contributed by atoms with E-state index >= 15 is 4.39 Å². The van der Waals surface area contributed by atoms with E-state index in [-0.39, 0.29) is 29.4 Å². The van der Waals surface area contributed by atoms with Crippen molar-refractivity contribution in [2.45, 2.75) is 56.1 Å². The van der Waals surface area contributed by atoms with Gasteiger partial charge < -0.3 is 5.73 Å². The van der Waals surface area contributed by atoms with Gasteiger partial charge in [0.15, 0.2) is 5.78 Å². The summed E-state index contributed by atoms with van der Waals surface area (Å²) in [7, 11) is -2.83. The van der Waals surface area contributed by atoms with Gasteiger partial charge in [0, 0.05) is 18.4 Å². The number of amidine groups is 1. The predicted molar refractivity (Wildman–Crippen MR) is 123 cm³/mol. The summed E-state index contributed by atoms with van der Waals surface area (Å²) < 4.78 is 32.5. The van der Waals surface area contributed by atoms with Crippen molar-refractivity contribution in [1.29, 1.82) is 5.26 Å². The molecule has 0 amide bonds. The van der Waals surface area contributed by atoms with Crippen molar-refractivity contribution in [2.24, 2.45) is 15.1 Å². The van der Waals surface area contributed by atoms with Crippen LogP contribution in [0.3, 0.4) is 0 Å². The van der Waals surface area contributed by atoms with Crippen LogP contribution in [0.2, 0.25) is 0 Å². The largest absolute Gasteiger partial charge is 0.386 e. The van der Waals surface area contributed by atoms with E-state index in [1.807, 2.05) is 6.07 Å². The molecular weight excluding hydrogens is 443 g/mol. The zero-order valence-electron chi connectivity index (χ0n) is 18.9. The summed E-state index contributed by atoms with van der Waals surface area (Å²) in [6, 6.07) is 6.26. The van der Waals surface area contributed by atoms with Crippen LogP contribution in [0, 0.1) is 24.1 Å². The third-order valence-electron chi connectivity index (χ3n) is 6.58. The van der Waals surface area contributed by atoms with Gasteiger partial charge in [-0.15, -0.1) is 0 Å². The third kappa shape index (κ3) is 3.42. The maximum Gasteiger partial charge on any atom is 0.187 e. The number of Topliss-reactive ketones (excluding diaryl/α,β-unsaturated/α-hetero) is 1. The van der Waals surface area contributed by atoms with E-state index in [2.05, 4.69) is 19.3 Å². The molecule has 172 valence electrons. The minimum absolute atomic E-state index is 0.00517. The lowest BCUT2D eigenvalue weighted by atomic mass is 9.89. The number of pyridine rings is 2. The molecule has 3 atom stereocenters. The molecule has 0 saturated carbocycles. The van der Waals surface area contributed by atoms with Crippen LogP contribution in [0.25, 0.3) is 0 Å². The summed E-state index contributed by atoms with van der Waals surface area (Å²) >= 11 is 0. The Morgan fingerprint density at radius 2 is 2.09 bits per heavy atom. The Kier molecular flexibility index (Phi) is 5.36. The predicted octanol–water partition coefficient (Wildman–Crippen LogP) is 2.83. The second-order valence-electron chi connectivity index (χ2n) is 9.09. The first kappa shape index (κ1) is 23.0. The SMILES string of the molecule is Cc1cc(C#N)cnc1C(=O)Cc1ccc(F)c([C@@]2(C)N=C(N)C(C)(C)[S@]3(=O)=NCC[C@H]23)n1. The van der Waals surface area contributed by atoms with E-state index < -0.39 is 31.1 Å². The van der Waals surface area contributed by atoms with Gasteiger partial charge in [-0.2, -0.15) is 5.26 Å². The normalized spacial score (nSPS) is 27.8. The lowest BCUT2D eigenvalue weighted by Crippen LogP contribution is -2.58. The number of aliphatic imine (C=N–C) groups is 1. The molecule has 0 aromatic carbocycles. The van der Waals surface area contributed by atoms with E-state index in [0.717, 1.165) is 0 Å². The molecule has 0 fully saturated rings. The Hall–Kier alpha value is -3.19. The van der Waals surface area contributed by atoms with Crippen molar-refractivity contribution in [2.75, 3.05) is 6.54 Å². The smallest absolute Gasteiger partial charge is 0.187 e. The van der Waals surface area contributed by atoms with Crippen LogP contribution in [0.15, 0.2) is 33.8 Å². The van der Waals surface area contributed by atoms with Gasteiger partial charge in [-0.25, -0.2) is 13.0 Å². The number of aromatic nitrogens is 2. The number of hydrogen-bond donors (Lipinski definition) is 1. The van der Waals surface area contributed by atoms with E-state index in [1.165, 1.54) is 18.3 Å². The van der Waals surface area contributed by atoms with Crippen molar-refractivity contribution in [3.05, 3.63) is 58.4 Å². The van der Waals surface area contributed by atoms with Gasteiger partial charge in [-0.1, -0.05) is 0 Å². The highest BCUT2D eigenvalue weighted by Crippen LogP contribution is 2.47. The van der Waals surface area contributed by atoms with Crippen LogP contribution >= 0.6 is 0 Å². The Morgan fingerprint density at radius 1 is 1.36 bits per heavy atom. The van der Waals surface area contributed by atoms with E-state index in [9.17, 15) is 9.00 Å². The molecule has 0 aliphatic carbocycles. The van der Waals surface area contributed by atoms with Gasteiger partial charge in [0.2, 0.25) is 0 Å². The number of nitriles is 1. The summed E-state index contributed by atoms with van der Waals surface area (Å²) in [5, 5.41) is 8.45. The van der Waals surface area contributed by atoms with Crippen LogP contribution in [0.5, 0.6) is 0 Å². The molecule has 4 heterocycles. The van der Waals surface area contributed by atoms with Crippen molar-refractivity contribution >= 4 is 21.3 Å². The summed E-state index contributed by atoms with van der Waals surface area (Å²) in [6.07, 6.45) is 1.71. The van der Waals surface area contributed by atoms with Crippen LogP contribution in [0.4, 0.5) is 4.39 Å².